The molecule has 0 bridgehead atoms. The van der Waals surface area contributed by atoms with Gasteiger partial charge in [0.2, 0.25) is 0 Å². The Morgan fingerprint density at radius 3 is 2.50 bits per heavy atom. The molecule has 0 radical (unpaired) electrons. The predicted octanol–water partition coefficient (Wildman–Crippen LogP) is 5.18. The van der Waals surface area contributed by atoms with Crippen molar-refractivity contribution in [2.24, 2.45) is 17.8 Å². The number of halogens is 1. The third-order valence-corrected chi connectivity index (χ3v) is 4.13. The van der Waals surface area contributed by atoms with E-state index in [1.165, 1.54) is 18.4 Å². The molecular formula is C18H30ClN. The second-order valence-corrected chi connectivity index (χ2v) is 6.85. The Bertz CT molecular complexity index is 375. The standard InChI is InChI=1S/C18H30ClN/c1-5-7-15(4)17(13-20-12-14(2)3)10-16-8-6-9-18(19)11-16/h6,8-9,11,14-15,17,20H,5,7,10,12-13H2,1-4H3. The summed E-state index contributed by atoms with van der Waals surface area (Å²) in [7, 11) is 0. The van der Waals surface area contributed by atoms with E-state index in [2.05, 4.69) is 51.2 Å². The maximum absolute atomic E-state index is 6.10. The first kappa shape index (κ1) is 17.5. The summed E-state index contributed by atoms with van der Waals surface area (Å²) in [6, 6.07) is 8.31. The fourth-order valence-corrected chi connectivity index (χ4v) is 2.90. The van der Waals surface area contributed by atoms with Crippen LogP contribution in [-0.2, 0) is 6.42 Å². The number of nitrogens with one attached hydrogen (secondary N) is 1. The van der Waals surface area contributed by atoms with Gasteiger partial charge in [-0.1, -0.05) is 64.3 Å². The molecule has 0 spiro atoms. The van der Waals surface area contributed by atoms with Gasteiger partial charge in [0.1, 0.15) is 0 Å². The zero-order valence-corrected chi connectivity index (χ0v) is 14.2. The highest BCUT2D eigenvalue weighted by molar-refractivity contribution is 6.30. The first-order valence-electron chi connectivity index (χ1n) is 7.98. The molecule has 1 N–H and O–H groups in total. The number of hydrogen-bond donors (Lipinski definition) is 1. The van der Waals surface area contributed by atoms with Crippen molar-refractivity contribution in [2.75, 3.05) is 13.1 Å². The molecule has 1 rings (SSSR count). The monoisotopic (exact) mass is 295 g/mol. The highest BCUT2D eigenvalue weighted by Gasteiger charge is 2.17. The summed E-state index contributed by atoms with van der Waals surface area (Å²) in [6.45, 7) is 11.4. The van der Waals surface area contributed by atoms with E-state index in [4.69, 9.17) is 11.6 Å². The number of hydrogen-bond acceptors (Lipinski definition) is 1. The third-order valence-electron chi connectivity index (χ3n) is 3.89. The summed E-state index contributed by atoms with van der Waals surface area (Å²) in [4.78, 5) is 0. The average molecular weight is 296 g/mol. The molecule has 0 saturated carbocycles. The first-order chi connectivity index (χ1) is 9.52. The molecule has 2 heteroatoms. The lowest BCUT2D eigenvalue weighted by atomic mass is 9.85. The van der Waals surface area contributed by atoms with Crippen LogP contribution in [0.1, 0.15) is 46.1 Å². The summed E-state index contributed by atoms with van der Waals surface area (Å²) in [5, 5.41) is 4.47. The van der Waals surface area contributed by atoms with Crippen molar-refractivity contribution in [2.45, 2.75) is 47.0 Å². The minimum Gasteiger partial charge on any atom is -0.316 e. The topological polar surface area (TPSA) is 12.0 Å². The molecule has 0 aliphatic carbocycles. The van der Waals surface area contributed by atoms with Gasteiger partial charge in [-0.2, -0.15) is 0 Å². The van der Waals surface area contributed by atoms with E-state index in [1.807, 2.05) is 6.07 Å². The Hall–Kier alpha value is -0.530. The van der Waals surface area contributed by atoms with Crippen LogP contribution in [-0.4, -0.2) is 13.1 Å². The van der Waals surface area contributed by atoms with Gasteiger partial charge in [0.05, 0.1) is 0 Å². The van der Waals surface area contributed by atoms with E-state index in [0.29, 0.717) is 11.8 Å². The van der Waals surface area contributed by atoms with E-state index in [-0.39, 0.29) is 0 Å². The second-order valence-electron chi connectivity index (χ2n) is 6.41. The molecule has 1 nitrogen and oxygen atoms in total. The lowest BCUT2D eigenvalue weighted by molar-refractivity contribution is 0.313. The van der Waals surface area contributed by atoms with Gasteiger partial charge < -0.3 is 5.32 Å². The van der Waals surface area contributed by atoms with Crippen LogP contribution >= 0.6 is 11.6 Å². The van der Waals surface area contributed by atoms with E-state index < -0.39 is 0 Å². The molecule has 2 atom stereocenters. The second kappa shape index (κ2) is 9.41. The van der Waals surface area contributed by atoms with Crippen LogP contribution in [0.3, 0.4) is 0 Å². The average Bonchev–Trinajstić information content (AvgIpc) is 2.37. The molecule has 1 aromatic rings. The van der Waals surface area contributed by atoms with Gasteiger partial charge in [-0.25, -0.2) is 0 Å². The van der Waals surface area contributed by atoms with Gasteiger partial charge in [0, 0.05) is 5.02 Å². The van der Waals surface area contributed by atoms with Crippen molar-refractivity contribution in [1.82, 2.24) is 5.32 Å². The molecule has 1 aromatic carbocycles. The van der Waals surface area contributed by atoms with Crippen molar-refractivity contribution < 1.29 is 0 Å². The molecular weight excluding hydrogens is 266 g/mol. The lowest BCUT2D eigenvalue weighted by Crippen LogP contribution is -2.31. The van der Waals surface area contributed by atoms with Crippen molar-refractivity contribution >= 4 is 11.6 Å². The highest BCUT2D eigenvalue weighted by Crippen LogP contribution is 2.22. The zero-order chi connectivity index (χ0) is 15.0. The smallest absolute Gasteiger partial charge is 0.0408 e. The van der Waals surface area contributed by atoms with Gasteiger partial charge in [0.15, 0.2) is 0 Å². The Balaban J connectivity index is 2.61. The summed E-state index contributed by atoms with van der Waals surface area (Å²) >= 11 is 6.10. The summed E-state index contributed by atoms with van der Waals surface area (Å²) in [5.41, 5.74) is 1.36. The van der Waals surface area contributed by atoms with Crippen molar-refractivity contribution in [1.29, 1.82) is 0 Å². The van der Waals surface area contributed by atoms with E-state index in [0.717, 1.165) is 30.5 Å². The molecule has 0 aliphatic rings. The lowest BCUT2D eigenvalue weighted by Gasteiger charge is -2.25. The SMILES string of the molecule is CCCC(C)C(CNCC(C)C)Cc1cccc(Cl)c1. The Labute approximate surface area is 130 Å². The largest absolute Gasteiger partial charge is 0.316 e. The van der Waals surface area contributed by atoms with Crippen molar-refractivity contribution in [3.05, 3.63) is 34.9 Å². The van der Waals surface area contributed by atoms with Crippen molar-refractivity contribution in [3.63, 3.8) is 0 Å². The quantitative estimate of drug-likeness (QED) is 0.662. The minimum absolute atomic E-state index is 0.687. The minimum atomic E-state index is 0.687. The van der Waals surface area contributed by atoms with Gasteiger partial charge in [-0.3, -0.25) is 0 Å². The Morgan fingerprint density at radius 1 is 1.15 bits per heavy atom. The van der Waals surface area contributed by atoms with Crippen LogP contribution in [0.5, 0.6) is 0 Å². The number of benzene rings is 1. The van der Waals surface area contributed by atoms with Crippen LogP contribution in [0, 0.1) is 17.8 Å². The zero-order valence-electron chi connectivity index (χ0n) is 13.5. The van der Waals surface area contributed by atoms with E-state index >= 15 is 0 Å². The van der Waals surface area contributed by atoms with Crippen molar-refractivity contribution in [3.8, 4) is 0 Å². The van der Waals surface area contributed by atoms with Gasteiger partial charge >= 0.3 is 0 Å². The molecule has 0 amide bonds. The fraction of sp³-hybridized carbons (Fsp3) is 0.667. The van der Waals surface area contributed by atoms with E-state index in [1.54, 1.807) is 0 Å². The van der Waals surface area contributed by atoms with Crippen LogP contribution in [0.15, 0.2) is 24.3 Å². The van der Waals surface area contributed by atoms with Crippen LogP contribution in [0.4, 0.5) is 0 Å². The summed E-state index contributed by atoms with van der Waals surface area (Å²) in [5.74, 6) is 2.15. The molecule has 0 saturated heterocycles. The maximum Gasteiger partial charge on any atom is 0.0408 e. The fourth-order valence-electron chi connectivity index (χ4n) is 2.69. The number of rotatable bonds is 9. The van der Waals surface area contributed by atoms with E-state index in [9.17, 15) is 0 Å². The highest BCUT2D eigenvalue weighted by atomic mass is 35.5. The molecule has 0 aliphatic heterocycles. The van der Waals surface area contributed by atoms with Gasteiger partial charge in [-0.05, 0) is 55.0 Å². The molecule has 114 valence electrons. The Morgan fingerprint density at radius 2 is 1.90 bits per heavy atom. The first-order valence-corrected chi connectivity index (χ1v) is 8.35. The summed E-state index contributed by atoms with van der Waals surface area (Å²) < 4.78 is 0. The predicted molar refractivity (Wildman–Crippen MR) is 90.4 cm³/mol. The molecule has 0 fully saturated rings. The van der Waals surface area contributed by atoms with Crippen LogP contribution in [0.2, 0.25) is 5.02 Å². The molecule has 0 heterocycles. The normalized spacial score (nSPS) is 14.5. The maximum atomic E-state index is 6.10. The molecule has 2 unspecified atom stereocenters. The summed E-state index contributed by atoms with van der Waals surface area (Å²) in [6.07, 6.45) is 3.68. The Kier molecular flexibility index (Phi) is 8.25. The van der Waals surface area contributed by atoms with Gasteiger partial charge in [0.25, 0.3) is 0 Å². The van der Waals surface area contributed by atoms with Crippen LogP contribution < -0.4 is 5.32 Å². The molecule has 20 heavy (non-hydrogen) atoms. The molecule has 0 aromatic heterocycles. The third kappa shape index (κ3) is 6.76. The van der Waals surface area contributed by atoms with Gasteiger partial charge in [-0.15, -0.1) is 0 Å². The van der Waals surface area contributed by atoms with Crippen LogP contribution in [0.25, 0.3) is 0 Å².